The molecule has 0 bridgehead atoms. The van der Waals surface area contributed by atoms with Gasteiger partial charge in [0.05, 0.1) is 12.2 Å². The average Bonchev–Trinajstić information content (AvgIpc) is 2.36. The number of pyridine rings is 1. The number of carbonyl (C=O) groups is 1. The summed E-state index contributed by atoms with van der Waals surface area (Å²) in [6.07, 6.45) is 4.70. The van der Waals surface area contributed by atoms with Gasteiger partial charge in [-0.2, -0.15) is 0 Å². The molecule has 0 amide bonds. The molecule has 5 heteroatoms. The van der Waals surface area contributed by atoms with Crippen molar-refractivity contribution in [3.8, 4) is 0 Å². The van der Waals surface area contributed by atoms with Crippen molar-refractivity contribution in [2.24, 2.45) is 0 Å². The van der Waals surface area contributed by atoms with Crippen LogP contribution in [0.15, 0.2) is 24.4 Å². The van der Waals surface area contributed by atoms with Crippen LogP contribution < -0.4 is 4.90 Å². The summed E-state index contributed by atoms with van der Waals surface area (Å²) >= 11 is 0. The zero-order valence-corrected chi connectivity index (χ0v) is 11.1. The van der Waals surface area contributed by atoms with E-state index in [4.69, 9.17) is 9.84 Å². The molecule has 1 fully saturated rings. The molecule has 1 aromatic heterocycles. The van der Waals surface area contributed by atoms with Gasteiger partial charge in [0, 0.05) is 25.4 Å². The van der Waals surface area contributed by atoms with Gasteiger partial charge in [0.25, 0.3) is 0 Å². The van der Waals surface area contributed by atoms with Crippen LogP contribution in [0.5, 0.6) is 0 Å². The monoisotopic (exact) mass is 262 g/mol. The number of nitrogens with zero attached hydrogens (tertiary/aromatic N) is 2. The SMILES string of the molecule is CC1CN(c2ccc(/C=C/C(=O)O)cn2)CC(C)O1. The van der Waals surface area contributed by atoms with E-state index in [0.29, 0.717) is 0 Å². The quantitative estimate of drug-likeness (QED) is 0.841. The van der Waals surface area contributed by atoms with Crippen LogP contribution in [0.4, 0.5) is 5.82 Å². The third-order valence-electron chi connectivity index (χ3n) is 2.93. The fourth-order valence-corrected chi connectivity index (χ4v) is 2.22. The van der Waals surface area contributed by atoms with Gasteiger partial charge in [-0.25, -0.2) is 9.78 Å². The molecule has 2 heterocycles. The fourth-order valence-electron chi connectivity index (χ4n) is 2.22. The van der Waals surface area contributed by atoms with E-state index in [1.54, 1.807) is 6.20 Å². The van der Waals surface area contributed by atoms with Gasteiger partial charge in [-0.05, 0) is 37.6 Å². The van der Waals surface area contributed by atoms with Gasteiger partial charge < -0.3 is 14.7 Å². The Labute approximate surface area is 112 Å². The summed E-state index contributed by atoms with van der Waals surface area (Å²) in [6, 6.07) is 3.78. The predicted octanol–water partition coefficient (Wildman–Crippen LogP) is 1.79. The maximum absolute atomic E-state index is 10.4. The maximum Gasteiger partial charge on any atom is 0.328 e. The Kier molecular flexibility index (Phi) is 4.16. The Morgan fingerprint density at radius 1 is 1.42 bits per heavy atom. The number of rotatable bonds is 3. The molecule has 1 aliphatic heterocycles. The lowest BCUT2D eigenvalue weighted by Crippen LogP contribution is -2.45. The molecule has 102 valence electrons. The van der Waals surface area contributed by atoms with Crippen LogP contribution in [0.1, 0.15) is 19.4 Å². The van der Waals surface area contributed by atoms with Crippen molar-refractivity contribution in [1.82, 2.24) is 4.98 Å². The maximum atomic E-state index is 10.4. The molecule has 0 aliphatic carbocycles. The smallest absolute Gasteiger partial charge is 0.328 e. The number of aromatic nitrogens is 1. The van der Waals surface area contributed by atoms with Gasteiger partial charge >= 0.3 is 5.97 Å². The normalized spacial score (nSPS) is 23.8. The minimum atomic E-state index is -0.958. The van der Waals surface area contributed by atoms with Gasteiger partial charge in [-0.3, -0.25) is 0 Å². The van der Waals surface area contributed by atoms with Crippen LogP contribution in [0, 0.1) is 0 Å². The highest BCUT2D eigenvalue weighted by Crippen LogP contribution is 2.18. The van der Waals surface area contributed by atoms with E-state index in [9.17, 15) is 4.79 Å². The molecular weight excluding hydrogens is 244 g/mol. The van der Waals surface area contributed by atoms with E-state index in [-0.39, 0.29) is 12.2 Å². The first-order valence-corrected chi connectivity index (χ1v) is 6.32. The second-order valence-electron chi connectivity index (χ2n) is 4.78. The second-order valence-corrected chi connectivity index (χ2v) is 4.78. The molecule has 0 radical (unpaired) electrons. The molecule has 2 rings (SSSR count). The summed E-state index contributed by atoms with van der Waals surface area (Å²) in [4.78, 5) is 17.0. The van der Waals surface area contributed by atoms with Crippen LogP contribution in [-0.4, -0.2) is 41.4 Å². The molecule has 1 saturated heterocycles. The first-order valence-electron chi connectivity index (χ1n) is 6.32. The lowest BCUT2D eigenvalue weighted by molar-refractivity contribution is -0.131. The molecule has 2 unspecified atom stereocenters. The van der Waals surface area contributed by atoms with Crippen molar-refractivity contribution >= 4 is 17.9 Å². The molecule has 5 nitrogen and oxygen atoms in total. The Morgan fingerprint density at radius 2 is 2.11 bits per heavy atom. The Morgan fingerprint density at radius 3 is 2.63 bits per heavy atom. The second kappa shape index (κ2) is 5.84. The number of hydrogen-bond acceptors (Lipinski definition) is 4. The molecule has 2 atom stereocenters. The van der Waals surface area contributed by atoms with Gasteiger partial charge in [0.1, 0.15) is 5.82 Å². The minimum absolute atomic E-state index is 0.192. The van der Waals surface area contributed by atoms with Crippen molar-refractivity contribution in [3.63, 3.8) is 0 Å². The highest BCUT2D eigenvalue weighted by atomic mass is 16.5. The molecule has 1 N–H and O–H groups in total. The van der Waals surface area contributed by atoms with Crippen LogP contribution in [0.25, 0.3) is 6.08 Å². The van der Waals surface area contributed by atoms with E-state index in [0.717, 1.165) is 30.5 Å². The number of aliphatic carboxylic acids is 1. The average molecular weight is 262 g/mol. The van der Waals surface area contributed by atoms with Crippen LogP contribution in [0.2, 0.25) is 0 Å². The van der Waals surface area contributed by atoms with E-state index in [1.165, 1.54) is 6.08 Å². The summed E-state index contributed by atoms with van der Waals surface area (Å²) in [6.45, 7) is 5.74. The van der Waals surface area contributed by atoms with Gasteiger partial charge in [0.2, 0.25) is 0 Å². The van der Waals surface area contributed by atoms with Crippen LogP contribution >= 0.6 is 0 Å². The Hall–Kier alpha value is -1.88. The number of hydrogen-bond donors (Lipinski definition) is 1. The van der Waals surface area contributed by atoms with Crippen molar-refractivity contribution in [2.75, 3.05) is 18.0 Å². The summed E-state index contributed by atoms with van der Waals surface area (Å²) in [7, 11) is 0. The summed E-state index contributed by atoms with van der Waals surface area (Å²) < 4.78 is 5.68. The molecule has 1 aliphatic rings. The number of morpholine rings is 1. The third-order valence-corrected chi connectivity index (χ3v) is 2.93. The van der Waals surface area contributed by atoms with Gasteiger partial charge in [-0.1, -0.05) is 0 Å². The van der Waals surface area contributed by atoms with Gasteiger partial charge in [0.15, 0.2) is 0 Å². The lowest BCUT2D eigenvalue weighted by atomic mass is 10.2. The number of ether oxygens (including phenoxy) is 1. The molecule has 0 aromatic carbocycles. The Bertz CT molecular complexity index is 460. The molecular formula is C14H18N2O3. The van der Waals surface area contributed by atoms with Crippen molar-refractivity contribution in [2.45, 2.75) is 26.1 Å². The first kappa shape index (κ1) is 13.5. The van der Waals surface area contributed by atoms with E-state index >= 15 is 0 Å². The fraction of sp³-hybridized carbons (Fsp3) is 0.429. The van der Waals surface area contributed by atoms with E-state index in [1.807, 2.05) is 26.0 Å². The first-order chi connectivity index (χ1) is 9.04. The van der Waals surface area contributed by atoms with E-state index in [2.05, 4.69) is 9.88 Å². The van der Waals surface area contributed by atoms with Crippen molar-refractivity contribution in [1.29, 1.82) is 0 Å². The van der Waals surface area contributed by atoms with Crippen molar-refractivity contribution in [3.05, 3.63) is 30.0 Å². The Balaban J connectivity index is 2.07. The van der Waals surface area contributed by atoms with Gasteiger partial charge in [-0.15, -0.1) is 0 Å². The molecule has 19 heavy (non-hydrogen) atoms. The zero-order valence-electron chi connectivity index (χ0n) is 11.1. The predicted molar refractivity (Wildman–Crippen MR) is 73.1 cm³/mol. The highest BCUT2D eigenvalue weighted by Gasteiger charge is 2.22. The van der Waals surface area contributed by atoms with Crippen LogP contribution in [-0.2, 0) is 9.53 Å². The molecule has 0 spiro atoms. The summed E-state index contributed by atoms with van der Waals surface area (Å²) in [5.41, 5.74) is 0.778. The summed E-state index contributed by atoms with van der Waals surface area (Å²) in [5.74, 6) is -0.0608. The largest absolute Gasteiger partial charge is 0.478 e. The molecule has 1 aromatic rings. The number of anilines is 1. The van der Waals surface area contributed by atoms with E-state index < -0.39 is 5.97 Å². The molecule has 0 saturated carbocycles. The summed E-state index contributed by atoms with van der Waals surface area (Å²) in [5, 5.41) is 8.56. The number of carboxylic acid groups (broad SMARTS) is 1. The van der Waals surface area contributed by atoms with Crippen LogP contribution in [0.3, 0.4) is 0 Å². The zero-order chi connectivity index (χ0) is 13.8. The van der Waals surface area contributed by atoms with Crippen molar-refractivity contribution < 1.29 is 14.6 Å². The lowest BCUT2D eigenvalue weighted by Gasteiger charge is -2.36. The minimum Gasteiger partial charge on any atom is -0.478 e. The topological polar surface area (TPSA) is 62.7 Å². The standard InChI is InChI=1S/C14H18N2O3/c1-10-8-16(9-11(2)19-10)13-5-3-12(7-15-13)4-6-14(17)18/h3-7,10-11H,8-9H2,1-2H3,(H,17,18)/b6-4+. The number of carboxylic acids is 1. The third kappa shape index (κ3) is 3.79. The highest BCUT2D eigenvalue weighted by molar-refractivity contribution is 5.85.